The third kappa shape index (κ3) is 3.91. The van der Waals surface area contributed by atoms with E-state index in [0.29, 0.717) is 22.2 Å². The molecule has 3 amide bonds. The van der Waals surface area contributed by atoms with Gasteiger partial charge in [0, 0.05) is 29.7 Å². The van der Waals surface area contributed by atoms with E-state index >= 15 is 0 Å². The lowest BCUT2D eigenvalue weighted by Crippen LogP contribution is -2.33. The van der Waals surface area contributed by atoms with E-state index in [9.17, 15) is 9.59 Å². The number of amides is 3. The molecule has 3 rings (SSSR count). The van der Waals surface area contributed by atoms with E-state index in [4.69, 9.17) is 4.42 Å². The maximum absolute atomic E-state index is 12.3. The van der Waals surface area contributed by atoms with Gasteiger partial charge in [0.05, 0.1) is 11.8 Å². The lowest BCUT2D eigenvalue weighted by molar-refractivity contribution is 0.102. The van der Waals surface area contributed by atoms with Crippen molar-refractivity contribution in [3.63, 3.8) is 0 Å². The molecule has 0 bridgehead atoms. The molecule has 0 spiro atoms. The Morgan fingerprint density at radius 1 is 1.25 bits per heavy atom. The molecule has 6 nitrogen and oxygen atoms in total. The molecule has 2 heterocycles. The van der Waals surface area contributed by atoms with Gasteiger partial charge in [0.1, 0.15) is 6.26 Å². The fraction of sp³-hybridized carbons (Fsp3) is 0.294. The summed E-state index contributed by atoms with van der Waals surface area (Å²) in [7, 11) is 0. The number of hydrogen-bond acceptors (Lipinski definition) is 4. The number of nitrogens with one attached hydrogen (secondary N) is 2. The zero-order valence-electron chi connectivity index (χ0n) is 13.3. The van der Waals surface area contributed by atoms with Crippen molar-refractivity contribution >= 4 is 35.1 Å². The largest absolute Gasteiger partial charge is 0.472 e. The van der Waals surface area contributed by atoms with Crippen LogP contribution in [-0.4, -0.2) is 41.4 Å². The van der Waals surface area contributed by atoms with Gasteiger partial charge in [0.15, 0.2) is 0 Å². The molecule has 0 radical (unpaired) electrons. The number of furan rings is 1. The van der Waals surface area contributed by atoms with Crippen LogP contribution in [-0.2, 0) is 0 Å². The van der Waals surface area contributed by atoms with Gasteiger partial charge in [-0.15, -0.1) is 0 Å². The fourth-order valence-electron chi connectivity index (χ4n) is 2.58. The summed E-state index contributed by atoms with van der Waals surface area (Å²) in [6.07, 6.45) is 5.92. The van der Waals surface area contributed by atoms with Gasteiger partial charge in [-0.3, -0.25) is 4.79 Å². The van der Waals surface area contributed by atoms with E-state index in [0.717, 1.165) is 19.5 Å². The quantitative estimate of drug-likeness (QED) is 0.889. The lowest BCUT2D eigenvalue weighted by atomic mass is 10.2. The van der Waals surface area contributed by atoms with Crippen LogP contribution in [0.1, 0.15) is 16.8 Å². The minimum atomic E-state index is -0.255. The topological polar surface area (TPSA) is 74.6 Å². The zero-order chi connectivity index (χ0) is 16.9. The highest BCUT2D eigenvalue weighted by Crippen LogP contribution is 2.22. The standard InChI is InChI=1S/C17H19N3O3S/c1-24-15-5-7-20(10-15)17(22)19-14-4-2-3-13(9-14)18-16(21)12-6-8-23-11-12/h2-4,6,8-9,11,15H,5,7,10H2,1H3,(H,18,21)(H,19,22). The highest BCUT2D eigenvalue weighted by molar-refractivity contribution is 7.99. The first-order chi connectivity index (χ1) is 11.7. The molecular weight excluding hydrogens is 326 g/mol. The van der Waals surface area contributed by atoms with E-state index in [1.54, 1.807) is 42.1 Å². The molecule has 1 aromatic carbocycles. The zero-order valence-corrected chi connectivity index (χ0v) is 14.1. The molecule has 1 fully saturated rings. The number of hydrogen-bond donors (Lipinski definition) is 2. The second kappa shape index (κ2) is 7.44. The first-order valence-electron chi connectivity index (χ1n) is 7.68. The third-order valence-electron chi connectivity index (χ3n) is 3.92. The second-order valence-corrected chi connectivity index (χ2v) is 6.71. The molecule has 24 heavy (non-hydrogen) atoms. The summed E-state index contributed by atoms with van der Waals surface area (Å²) in [6.45, 7) is 1.54. The van der Waals surface area contributed by atoms with Crippen LogP contribution in [0.4, 0.5) is 16.2 Å². The Morgan fingerprint density at radius 2 is 2.04 bits per heavy atom. The fourth-order valence-corrected chi connectivity index (χ4v) is 3.25. The van der Waals surface area contributed by atoms with E-state index in [1.165, 1.54) is 12.5 Å². The van der Waals surface area contributed by atoms with Crippen molar-refractivity contribution in [1.29, 1.82) is 0 Å². The van der Waals surface area contributed by atoms with Gasteiger partial charge < -0.3 is 20.0 Å². The maximum Gasteiger partial charge on any atom is 0.321 e. The molecule has 1 aliphatic heterocycles. The third-order valence-corrected chi connectivity index (χ3v) is 4.97. The summed E-state index contributed by atoms with van der Waals surface area (Å²) >= 11 is 1.79. The van der Waals surface area contributed by atoms with Crippen LogP contribution in [0.15, 0.2) is 47.3 Å². The van der Waals surface area contributed by atoms with Crippen molar-refractivity contribution in [2.24, 2.45) is 0 Å². The normalized spacial score (nSPS) is 16.9. The van der Waals surface area contributed by atoms with Crippen LogP contribution in [0.5, 0.6) is 0 Å². The molecule has 0 saturated carbocycles. The van der Waals surface area contributed by atoms with Crippen LogP contribution >= 0.6 is 11.8 Å². The Labute approximate surface area is 144 Å². The molecule has 1 atom stereocenters. The van der Waals surface area contributed by atoms with E-state index < -0.39 is 0 Å². The highest BCUT2D eigenvalue weighted by Gasteiger charge is 2.25. The minimum Gasteiger partial charge on any atom is -0.472 e. The summed E-state index contributed by atoms with van der Waals surface area (Å²) in [5.41, 5.74) is 1.71. The van der Waals surface area contributed by atoms with Crippen LogP contribution < -0.4 is 10.6 Å². The number of thioether (sulfide) groups is 1. The number of likely N-dealkylation sites (tertiary alicyclic amines) is 1. The van der Waals surface area contributed by atoms with Gasteiger partial charge in [-0.2, -0.15) is 11.8 Å². The predicted molar refractivity (Wildman–Crippen MR) is 95.6 cm³/mol. The number of anilines is 2. The summed E-state index contributed by atoms with van der Waals surface area (Å²) in [5, 5.41) is 6.17. The Bertz CT molecular complexity index is 718. The number of rotatable bonds is 4. The molecular formula is C17H19N3O3S. The average molecular weight is 345 g/mol. The first kappa shape index (κ1) is 16.4. The van der Waals surface area contributed by atoms with Gasteiger partial charge in [-0.05, 0) is 36.9 Å². The molecule has 1 aliphatic rings. The Balaban J connectivity index is 1.61. The molecule has 126 valence electrons. The van der Waals surface area contributed by atoms with Crippen molar-refractivity contribution in [1.82, 2.24) is 4.90 Å². The highest BCUT2D eigenvalue weighted by atomic mass is 32.2. The van der Waals surface area contributed by atoms with Crippen molar-refractivity contribution in [2.45, 2.75) is 11.7 Å². The van der Waals surface area contributed by atoms with E-state index in [1.807, 2.05) is 4.90 Å². The summed E-state index contributed by atoms with van der Waals surface area (Å²) in [4.78, 5) is 26.1. The molecule has 1 aromatic heterocycles. The van der Waals surface area contributed by atoms with Crippen LogP contribution in [0, 0.1) is 0 Å². The monoisotopic (exact) mass is 345 g/mol. The number of nitrogens with zero attached hydrogens (tertiary/aromatic N) is 1. The number of benzene rings is 1. The predicted octanol–water partition coefficient (Wildman–Crippen LogP) is 3.50. The maximum atomic E-state index is 12.3. The molecule has 1 unspecified atom stereocenters. The van der Waals surface area contributed by atoms with Crippen molar-refractivity contribution < 1.29 is 14.0 Å². The van der Waals surface area contributed by atoms with Crippen molar-refractivity contribution in [3.8, 4) is 0 Å². The van der Waals surface area contributed by atoms with Gasteiger partial charge in [-0.1, -0.05) is 6.07 Å². The summed E-state index contributed by atoms with van der Waals surface area (Å²) in [5.74, 6) is -0.255. The number of urea groups is 1. The summed E-state index contributed by atoms with van der Waals surface area (Å²) in [6, 6.07) is 8.58. The van der Waals surface area contributed by atoms with Crippen molar-refractivity contribution in [3.05, 3.63) is 48.4 Å². The number of carbonyl (C=O) groups excluding carboxylic acids is 2. The van der Waals surface area contributed by atoms with Gasteiger partial charge >= 0.3 is 6.03 Å². The van der Waals surface area contributed by atoms with Crippen molar-refractivity contribution in [2.75, 3.05) is 30.0 Å². The first-order valence-corrected chi connectivity index (χ1v) is 8.97. The minimum absolute atomic E-state index is 0.107. The molecule has 2 aromatic rings. The van der Waals surface area contributed by atoms with Gasteiger partial charge in [-0.25, -0.2) is 4.79 Å². The SMILES string of the molecule is CSC1CCN(C(=O)Nc2cccc(NC(=O)c3ccoc3)c2)C1. The summed E-state index contributed by atoms with van der Waals surface area (Å²) < 4.78 is 4.90. The van der Waals surface area contributed by atoms with E-state index in [-0.39, 0.29) is 11.9 Å². The van der Waals surface area contributed by atoms with Crippen LogP contribution in [0.2, 0.25) is 0 Å². The van der Waals surface area contributed by atoms with Gasteiger partial charge in [0.2, 0.25) is 0 Å². The lowest BCUT2D eigenvalue weighted by Gasteiger charge is -2.17. The van der Waals surface area contributed by atoms with E-state index in [2.05, 4.69) is 16.9 Å². The molecule has 1 saturated heterocycles. The smallest absolute Gasteiger partial charge is 0.321 e. The Hall–Kier alpha value is -2.41. The average Bonchev–Trinajstić information content (AvgIpc) is 3.27. The Morgan fingerprint density at radius 3 is 2.71 bits per heavy atom. The molecule has 2 N–H and O–H groups in total. The second-order valence-electron chi connectivity index (χ2n) is 5.57. The Kier molecular flexibility index (Phi) is 5.10. The molecule has 7 heteroatoms. The van der Waals surface area contributed by atoms with Gasteiger partial charge in [0.25, 0.3) is 5.91 Å². The van der Waals surface area contributed by atoms with Crippen LogP contribution in [0.25, 0.3) is 0 Å². The number of carbonyl (C=O) groups is 2. The van der Waals surface area contributed by atoms with Crippen LogP contribution in [0.3, 0.4) is 0 Å². The molecule has 0 aliphatic carbocycles.